The summed E-state index contributed by atoms with van der Waals surface area (Å²) in [7, 11) is 0. The molecule has 3 rings (SSSR count). The summed E-state index contributed by atoms with van der Waals surface area (Å²) in [5.41, 5.74) is 1.06. The minimum Gasteiger partial charge on any atom is -0.346 e. The Kier molecular flexibility index (Phi) is 4.42. The predicted octanol–water partition coefficient (Wildman–Crippen LogP) is 1.95. The van der Waals surface area contributed by atoms with Crippen molar-refractivity contribution in [3.63, 3.8) is 0 Å². The molecule has 7 heteroatoms. The van der Waals surface area contributed by atoms with E-state index < -0.39 is 0 Å². The topological polar surface area (TPSA) is 54.3 Å². The molecule has 0 bridgehead atoms. The van der Waals surface area contributed by atoms with Crippen LogP contribution in [0, 0.1) is 6.92 Å². The number of thiazole rings is 1. The number of hydrogen-bond acceptors (Lipinski definition) is 5. The van der Waals surface area contributed by atoms with Crippen LogP contribution in [0.15, 0.2) is 23.8 Å². The summed E-state index contributed by atoms with van der Waals surface area (Å²) < 4.78 is 1.72. The largest absolute Gasteiger partial charge is 0.346 e. The number of amides is 1. The third-order valence-electron chi connectivity index (χ3n) is 3.96. The molecule has 0 saturated carbocycles. The van der Waals surface area contributed by atoms with Crippen molar-refractivity contribution in [1.82, 2.24) is 19.7 Å². The molecule has 3 heterocycles. The van der Waals surface area contributed by atoms with Crippen molar-refractivity contribution in [2.45, 2.75) is 26.3 Å². The molecule has 0 unspecified atom stereocenters. The van der Waals surface area contributed by atoms with Gasteiger partial charge in [0.1, 0.15) is 6.04 Å². The van der Waals surface area contributed by atoms with E-state index in [0.717, 1.165) is 43.4 Å². The van der Waals surface area contributed by atoms with Gasteiger partial charge >= 0.3 is 0 Å². The van der Waals surface area contributed by atoms with Crippen molar-refractivity contribution in [1.29, 1.82) is 0 Å². The van der Waals surface area contributed by atoms with Crippen LogP contribution >= 0.6 is 11.3 Å². The molecular weight excluding hydrogens is 298 g/mol. The van der Waals surface area contributed by atoms with Gasteiger partial charge in [0, 0.05) is 44.0 Å². The molecule has 22 heavy (non-hydrogen) atoms. The third kappa shape index (κ3) is 3.14. The summed E-state index contributed by atoms with van der Waals surface area (Å²) in [5.74, 6) is 0.140. The SMILES string of the molecule is Cc1csc(N2CCCN(C(=O)[C@@H](C)n3cccn3)CC2)n1. The molecule has 1 saturated heterocycles. The Hall–Kier alpha value is -1.89. The van der Waals surface area contributed by atoms with Gasteiger partial charge in [-0.1, -0.05) is 0 Å². The fraction of sp³-hybridized carbons (Fsp3) is 0.533. The maximum absolute atomic E-state index is 12.6. The van der Waals surface area contributed by atoms with E-state index in [-0.39, 0.29) is 11.9 Å². The Bertz CT molecular complexity index is 624. The second-order valence-electron chi connectivity index (χ2n) is 5.60. The fourth-order valence-electron chi connectivity index (χ4n) is 2.70. The fourth-order valence-corrected chi connectivity index (χ4v) is 3.56. The Labute approximate surface area is 134 Å². The molecule has 2 aromatic rings. The van der Waals surface area contributed by atoms with Crippen molar-refractivity contribution in [2.75, 3.05) is 31.1 Å². The van der Waals surface area contributed by atoms with Crippen LogP contribution in [0.1, 0.15) is 25.1 Å². The minimum atomic E-state index is -0.247. The molecular formula is C15H21N5OS. The molecule has 0 aliphatic carbocycles. The first kappa shape index (κ1) is 15.0. The van der Waals surface area contributed by atoms with Crippen molar-refractivity contribution >= 4 is 22.4 Å². The van der Waals surface area contributed by atoms with E-state index in [2.05, 4.69) is 20.4 Å². The summed E-state index contributed by atoms with van der Waals surface area (Å²) in [5, 5.41) is 7.31. The molecule has 1 aliphatic heterocycles. The number of carbonyl (C=O) groups is 1. The average molecular weight is 319 g/mol. The smallest absolute Gasteiger partial charge is 0.247 e. The van der Waals surface area contributed by atoms with E-state index >= 15 is 0 Å². The normalized spacial score (nSPS) is 17.4. The van der Waals surface area contributed by atoms with Gasteiger partial charge in [-0.25, -0.2) is 4.98 Å². The number of rotatable bonds is 3. The molecule has 118 valence electrons. The Balaban J connectivity index is 1.63. The van der Waals surface area contributed by atoms with Gasteiger partial charge in [0.2, 0.25) is 5.91 Å². The van der Waals surface area contributed by atoms with Crippen molar-refractivity contribution in [2.24, 2.45) is 0 Å². The predicted molar refractivity (Wildman–Crippen MR) is 87.2 cm³/mol. The van der Waals surface area contributed by atoms with Crippen LogP contribution in [0.2, 0.25) is 0 Å². The molecule has 1 fully saturated rings. The number of carbonyl (C=O) groups excluding carboxylic acids is 1. The quantitative estimate of drug-likeness (QED) is 0.868. The number of aromatic nitrogens is 3. The van der Waals surface area contributed by atoms with Crippen LogP contribution in [0.3, 0.4) is 0 Å². The molecule has 0 aromatic carbocycles. The summed E-state index contributed by atoms with van der Waals surface area (Å²) in [6, 6.07) is 1.60. The van der Waals surface area contributed by atoms with Crippen LogP contribution in [0.4, 0.5) is 5.13 Å². The van der Waals surface area contributed by atoms with Gasteiger partial charge in [0.25, 0.3) is 0 Å². The number of anilines is 1. The lowest BCUT2D eigenvalue weighted by molar-refractivity contribution is -0.134. The highest BCUT2D eigenvalue weighted by Crippen LogP contribution is 2.22. The van der Waals surface area contributed by atoms with E-state index in [9.17, 15) is 4.79 Å². The van der Waals surface area contributed by atoms with Gasteiger partial charge in [-0.05, 0) is 26.3 Å². The van der Waals surface area contributed by atoms with Crippen LogP contribution in [0.5, 0.6) is 0 Å². The molecule has 1 amide bonds. The van der Waals surface area contributed by atoms with Gasteiger partial charge in [-0.3, -0.25) is 9.48 Å². The van der Waals surface area contributed by atoms with Crippen molar-refractivity contribution in [3.8, 4) is 0 Å². The van der Waals surface area contributed by atoms with E-state index in [1.165, 1.54) is 0 Å². The summed E-state index contributed by atoms with van der Waals surface area (Å²) in [6.45, 7) is 7.24. The van der Waals surface area contributed by atoms with Crippen LogP contribution in [-0.4, -0.2) is 51.8 Å². The molecule has 0 N–H and O–H groups in total. The number of hydrogen-bond donors (Lipinski definition) is 0. The first-order chi connectivity index (χ1) is 10.6. The van der Waals surface area contributed by atoms with E-state index in [4.69, 9.17) is 0 Å². The van der Waals surface area contributed by atoms with E-state index in [1.807, 2.05) is 31.0 Å². The van der Waals surface area contributed by atoms with Gasteiger partial charge in [0.05, 0.1) is 5.69 Å². The number of nitrogens with zero attached hydrogens (tertiary/aromatic N) is 5. The highest BCUT2D eigenvalue weighted by molar-refractivity contribution is 7.13. The second-order valence-corrected chi connectivity index (χ2v) is 6.44. The van der Waals surface area contributed by atoms with Gasteiger partial charge in [-0.15, -0.1) is 11.3 Å². The zero-order valence-corrected chi connectivity index (χ0v) is 13.8. The highest BCUT2D eigenvalue weighted by Gasteiger charge is 2.25. The average Bonchev–Trinajstić information content (AvgIpc) is 3.13. The standard InChI is InChI=1S/C15H21N5OS/c1-12-11-22-15(17-12)19-7-4-6-18(9-10-19)14(21)13(2)20-8-3-5-16-20/h3,5,8,11,13H,4,6-7,9-10H2,1-2H3/t13-/m1/s1. The van der Waals surface area contributed by atoms with Crippen molar-refractivity contribution in [3.05, 3.63) is 29.5 Å². The zero-order valence-electron chi connectivity index (χ0n) is 13.0. The van der Waals surface area contributed by atoms with E-state index in [0.29, 0.717) is 0 Å². The Morgan fingerprint density at radius 2 is 2.18 bits per heavy atom. The molecule has 2 aromatic heterocycles. The van der Waals surface area contributed by atoms with Crippen LogP contribution in [0.25, 0.3) is 0 Å². The van der Waals surface area contributed by atoms with Crippen molar-refractivity contribution < 1.29 is 4.79 Å². The molecule has 6 nitrogen and oxygen atoms in total. The monoisotopic (exact) mass is 319 g/mol. The molecule has 1 aliphatic rings. The lowest BCUT2D eigenvalue weighted by atomic mass is 10.2. The summed E-state index contributed by atoms with van der Waals surface area (Å²) >= 11 is 1.68. The maximum Gasteiger partial charge on any atom is 0.247 e. The lowest BCUT2D eigenvalue weighted by Crippen LogP contribution is -2.39. The Morgan fingerprint density at radius 1 is 1.32 bits per heavy atom. The van der Waals surface area contributed by atoms with Gasteiger partial charge < -0.3 is 9.80 Å². The zero-order chi connectivity index (χ0) is 15.5. The lowest BCUT2D eigenvalue weighted by Gasteiger charge is -2.24. The minimum absolute atomic E-state index is 0.140. The molecule has 0 spiro atoms. The van der Waals surface area contributed by atoms with E-state index in [1.54, 1.807) is 22.2 Å². The molecule has 1 atom stereocenters. The van der Waals surface area contributed by atoms with Crippen LogP contribution < -0.4 is 4.90 Å². The van der Waals surface area contributed by atoms with Crippen LogP contribution in [-0.2, 0) is 4.79 Å². The van der Waals surface area contributed by atoms with Gasteiger partial charge in [-0.2, -0.15) is 5.10 Å². The molecule has 0 radical (unpaired) electrons. The van der Waals surface area contributed by atoms with Gasteiger partial charge in [0.15, 0.2) is 5.13 Å². The second kappa shape index (κ2) is 6.48. The third-order valence-corrected chi connectivity index (χ3v) is 4.98. The summed E-state index contributed by atoms with van der Waals surface area (Å²) in [4.78, 5) is 21.4. The highest BCUT2D eigenvalue weighted by atomic mass is 32.1. The Morgan fingerprint density at radius 3 is 2.86 bits per heavy atom. The number of aryl methyl sites for hydroxylation is 1. The maximum atomic E-state index is 12.6. The first-order valence-electron chi connectivity index (χ1n) is 7.60. The first-order valence-corrected chi connectivity index (χ1v) is 8.48. The summed E-state index contributed by atoms with van der Waals surface area (Å²) in [6.07, 6.45) is 4.51.